The third-order valence-corrected chi connectivity index (χ3v) is 2.99. The number of hydrogen-bond acceptors (Lipinski definition) is 3. The summed E-state index contributed by atoms with van der Waals surface area (Å²) in [6, 6.07) is 5.47. The van der Waals surface area contributed by atoms with E-state index in [0.717, 1.165) is 30.5 Å². The van der Waals surface area contributed by atoms with E-state index in [2.05, 4.69) is 10.6 Å². The number of hydrogen-bond donors (Lipinski definition) is 3. The Labute approximate surface area is 119 Å². The van der Waals surface area contributed by atoms with Gasteiger partial charge >= 0.3 is 0 Å². The molecule has 2 amide bonds. The molecule has 1 rings (SSSR count). The molecule has 0 aliphatic rings. The van der Waals surface area contributed by atoms with Crippen LogP contribution in [0.3, 0.4) is 0 Å². The number of carbonyl (C=O) groups excluding carboxylic acids is 2. The Morgan fingerprint density at radius 2 is 1.95 bits per heavy atom. The van der Waals surface area contributed by atoms with Gasteiger partial charge in [0.25, 0.3) is 0 Å². The zero-order valence-corrected chi connectivity index (χ0v) is 12.2. The number of anilines is 2. The third kappa shape index (κ3) is 6.22. The smallest absolute Gasteiger partial charge is 0.224 e. The number of unbranched alkanes of at least 4 members (excludes halogenated alkanes) is 2. The summed E-state index contributed by atoms with van der Waals surface area (Å²) in [4.78, 5) is 22.5. The van der Waals surface area contributed by atoms with E-state index in [1.165, 1.54) is 6.92 Å². The molecule has 0 saturated heterocycles. The molecule has 0 aliphatic heterocycles. The molecule has 0 saturated carbocycles. The predicted octanol–water partition coefficient (Wildman–Crippen LogP) is 2.21. The quantitative estimate of drug-likeness (QED) is 0.527. The SMILES string of the molecule is CC(=O)NCCCCCC(=O)Nc1cc(N)ccc1C. The van der Waals surface area contributed by atoms with Gasteiger partial charge in [-0.15, -0.1) is 0 Å². The van der Waals surface area contributed by atoms with Crippen LogP contribution in [0.25, 0.3) is 0 Å². The Balaban J connectivity index is 2.23. The number of amides is 2. The number of aryl methyl sites for hydroxylation is 1. The van der Waals surface area contributed by atoms with Crippen LogP contribution in [0.4, 0.5) is 11.4 Å². The van der Waals surface area contributed by atoms with E-state index >= 15 is 0 Å². The normalized spacial score (nSPS) is 10.1. The molecule has 110 valence electrons. The standard InChI is InChI=1S/C15H23N3O2/c1-11-7-8-13(16)10-14(11)18-15(20)6-4-3-5-9-17-12(2)19/h7-8,10H,3-6,9,16H2,1-2H3,(H,17,19)(H,18,20). The van der Waals surface area contributed by atoms with Crippen LogP contribution in [-0.4, -0.2) is 18.4 Å². The van der Waals surface area contributed by atoms with E-state index in [-0.39, 0.29) is 11.8 Å². The maximum Gasteiger partial charge on any atom is 0.224 e. The van der Waals surface area contributed by atoms with Gasteiger partial charge in [-0.25, -0.2) is 0 Å². The fourth-order valence-corrected chi connectivity index (χ4v) is 1.84. The van der Waals surface area contributed by atoms with E-state index in [9.17, 15) is 9.59 Å². The topological polar surface area (TPSA) is 84.2 Å². The first kappa shape index (κ1) is 16.0. The highest BCUT2D eigenvalue weighted by atomic mass is 16.2. The molecule has 0 unspecified atom stereocenters. The van der Waals surface area contributed by atoms with Gasteiger partial charge in [0.05, 0.1) is 0 Å². The van der Waals surface area contributed by atoms with Crippen molar-refractivity contribution < 1.29 is 9.59 Å². The average Bonchev–Trinajstić information content (AvgIpc) is 2.37. The minimum absolute atomic E-state index is 0.00164. The van der Waals surface area contributed by atoms with Crippen LogP contribution in [0.5, 0.6) is 0 Å². The maximum absolute atomic E-state index is 11.8. The van der Waals surface area contributed by atoms with Crippen molar-refractivity contribution in [3.63, 3.8) is 0 Å². The van der Waals surface area contributed by atoms with Crippen LogP contribution in [0.1, 0.15) is 38.2 Å². The Morgan fingerprint density at radius 1 is 1.20 bits per heavy atom. The fraction of sp³-hybridized carbons (Fsp3) is 0.467. The number of carbonyl (C=O) groups is 2. The zero-order chi connectivity index (χ0) is 15.0. The van der Waals surface area contributed by atoms with Gasteiger partial charge in [0.1, 0.15) is 0 Å². The summed E-state index contributed by atoms with van der Waals surface area (Å²) in [5.74, 6) is -0.0156. The van der Waals surface area contributed by atoms with Crippen LogP contribution >= 0.6 is 0 Å². The molecule has 0 radical (unpaired) electrons. The summed E-state index contributed by atoms with van der Waals surface area (Å²) in [5, 5.41) is 5.61. The third-order valence-electron chi connectivity index (χ3n) is 2.99. The highest BCUT2D eigenvalue weighted by Gasteiger charge is 2.05. The van der Waals surface area contributed by atoms with Crippen molar-refractivity contribution in [3.8, 4) is 0 Å². The molecule has 5 heteroatoms. The summed E-state index contributed by atoms with van der Waals surface area (Å²) < 4.78 is 0. The molecule has 20 heavy (non-hydrogen) atoms. The second-order valence-electron chi connectivity index (χ2n) is 4.92. The number of nitrogens with two attached hydrogens (primary N) is 1. The lowest BCUT2D eigenvalue weighted by Gasteiger charge is -2.09. The molecule has 0 spiro atoms. The number of nitrogens with one attached hydrogen (secondary N) is 2. The summed E-state index contributed by atoms with van der Waals surface area (Å²) in [6.07, 6.45) is 3.11. The van der Waals surface area contributed by atoms with Crippen LogP contribution in [0, 0.1) is 6.92 Å². The van der Waals surface area contributed by atoms with Crippen LogP contribution in [0.2, 0.25) is 0 Å². The van der Waals surface area contributed by atoms with Crippen molar-refractivity contribution in [2.45, 2.75) is 39.5 Å². The van der Waals surface area contributed by atoms with Gasteiger partial charge in [-0.2, -0.15) is 0 Å². The van der Waals surface area contributed by atoms with Crippen LogP contribution in [0.15, 0.2) is 18.2 Å². The summed E-state index contributed by atoms with van der Waals surface area (Å²) in [7, 11) is 0. The number of rotatable bonds is 7. The van der Waals surface area contributed by atoms with Gasteiger partial charge in [-0.3, -0.25) is 9.59 Å². The minimum Gasteiger partial charge on any atom is -0.399 e. The lowest BCUT2D eigenvalue weighted by molar-refractivity contribution is -0.119. The Bertz CT molecular complexity index is 472. The molecule has 0 heterocycles. The van der Waals surface area contributed by atoms with E-state index < -0.39 is 0 Å². The van der Waals surface area contributed by atoms with Crippen LogP contribution in [-0.2, 0) is 9.59 Å². The first-order valence-corrected chi connectivity index (χ1v) is 6.89. The van der Waals surface area contributed by atoms with Crippen molar-refractivity contribution in [3.05, 3.63) is 23.8 Å². The Hall–Kier alpha value is -2.04. The second-order valence-corrected chi connectivity index (χ2v) is 4.92. The molecule has 5 nitrogen and oxygen atoms in total. The average molecular weight is 277 g/mol. The summed E-state index contributed by atoms with van der Waals surface area (Å²) in [6.45, 7) is 4.11. The monoisotopic (exact) mass is 277 g/mol. The van der Waals surface area contributed by atoms with Crippen molar-refractivity contribution in [1.82, 2.24) is 5.32 Å². The molecule has 4 N–H and O–H groups in total. The van der Waals surface area contributed by atoms with Crippen molar-refractivity contribution in [2.75, 3.05) is 17.6 Å². The van der Waals surface area contributed by atoms with Gasteiger partial charge in [0.15, 0.2) is 0 Å². The van der Waals surface area contributed by atoms with Gasteiger partial charge in [0, 0.05) is 31.3 Å². The highest BCUT2D eigenvalue weighted by molar-refractivity contribution is 5.91. The molecule has 0 bridgehead atoms. The molecule has 0 fully saturated rings. The van der Waals surface area contributed by atoms with Crippen LogP contribution < -0.4 is 16.4 Å². The van der Waals surface area contributed by atoms with E-state index in [4.69, 9.17) is 5.73 Å². The number of nitrogen functional groups attached to an aromatic ring is 1. The van der Waals surface area contributed by atoms with Crippen molar-refractivity contribution in [2.24, 2.45) is 0 Å². The maximum atomic E-state index is 11.8. The van der Waals surface area contributed by atoms with Gasteiger partial charge in [0.2, 0.25) is 11.8 Å². The van der Waals surface area contributed by atoms with E-state index in [0.29, 0.717) is 18.7 Å². The Morgan fingerprint density at radius 3 is 2.65 bits per heavy atom. The predicted molar refractivity (Wildman–Crippen MR) is 81.4 cm³/mol. The van der Waals surface area contributed by atoms with Crippen molar-refractivity contribution in [1.29, 1.82) is 0 Å². The summed E-state index contributed by atoms with van der Waals surface area (Å²) in [5.41, 5.74) is 8.11. The Kier molecular flexibility index (Phi) is 6.56. The van der Waals surface area contributed by atoms with Gasteiger partial charge in [-0.1, -0.05) is 12.5 Å². The fourth-order valence-electron chi connectivity index (χ4n) is 1.84. The van der Waals surface area contributed by atoms with Gasteiger partial charge in [-0.05, 0) is 37.5 Å². The lowest BCUT2D eigenvalue weighted by atomic mass is 10.1. The molecule has 0 aromatic heterocycles. The molecule has 0 atom stereocenters. The molecule has 0 aliphatic carbocycles. The number of benzene rings is 1. The second kappa shape index (κ2) is 8.19. The zero-order valence-electron chi connectivity index (χ0n) is 12.2. The molecular weight excluding hydrogens is 254 g/mol. The molecular formula is C15H23N3O2. The van der Waals surface area contributed by atoms with E-state index in [1.54, 1.807) is 6.07 Å². The molecule has 1 aromatic rings. The summed E-state index contributed by atoms with van der Waals surface area (Å²) >= 11 is 0. The minimum atomic E-state index is -0.0140. The first-order chi connectivity index (χ1) is 9.49. The van der Waals surface area contributed by atoms with E-state index in [1.807, 2.05) is 19.1 Å². The molecule has 1 aromatic carbocycles. The first-order valence-electron chi connectivity index (χ1n) is 6.89. The highest BCUT2D eigenvalue weighted by Crippen LogP contribution is 2.18. The lowest BCUT2D eigenvalue weighted by Crippen LogP contribution is -2.20. The largest absolute Gasteiger partial charge is 0.399 e. The van der Waals surface area contributed by atoms with Crippen molar-refractivity contribution >= 4 is 23.2 Å². The van der Waals surface area contributed by atoms with Gasteiger partial charge < -0.3 is 16.4 Å².